The number of anilines is 1. The number of amides is 2. The molecule has 2 amide bonds. The summed E-state index contributed by atoms with van der Waals surface area (Å²) in [6.07, 6.45) is 2.77. The van der Waals surface area contributed by atoms with E-state index in [2.05, 4.69) is 15.5 Å². The number of aromatic amines is 1. The number of thiophene rings is 1. The van der Waals surface area contributed by atoms with Crippen LogP contribution in [-0.2, 0) is 21.2 Å². The number of nitrogens with one attached hydrogen (secondary N) is 2. The van der Waals surface area contributed by atoms with Gasteiger partial charge in [0.25, 0.3) is 15.9 Å². The topological polar surface area (TPSA) is 138 Å². The van der Waals surface area contributed by atoms with Crippen molar-refractivity contribution in [3.8, 4) is 0 Å². The third kappa shape index (κ3) is 4.20. The highest BCUT2D eigenvalue weighted by atomic mass is 32.2. The molecule has 0 spiro atoms. The van der Waals surface area contributed by atoms with Crippen LogP contribution in [-0.4, -0.2) is 47.8 Å². The molecule has 1 saturated heterocycles. The molecule has 1 aliphatic heterocycles. The van der Waals surface area contributed by atoms with Gasteiger partial charge in [-0.05, 0) is 31.9 Å². The average Bonchev–Trinajstić information content (AvgIpc) is 3.23. The first-order valence-electron chi connectivity index (χ1n) is 8.52. The number of aromatic nitrogens is 2. The van der Waals surface area contributed by atoms with Crippen molar-refractivity contribution in [2.75, 3.05) is 18.4 Å². The number of hydrogen-bond donors (Lipinski definition) is 3. The molecule has 1 aliphatic rings. The molecule has 0 aliphatic carbocycles. The molecule has 0 bridgehead atoms. The summed E-state index contributed by atoms with van der Waals surface area (Å²) in [4.78, 5) is 24.3. The van der Waals surface area contributed by atoms with Gasteiger partial charge >= 0.3 is 0 Å². The third-order valence-electron chi connectivity index (χ3n) is 4.33. The minimum absolute atomic E-state index is 0.0109. The summed E-state index contributed by atoms with van der Waals surface area (Å²) in [6.45, 7) is 2.72. The van der Waals surface area contributed by atoms with Gasteiger partial charge in [0.05, 0.1) is 17.8 Å². The molecule has 9 nitrogen and oxygen atoms in total. The van der Waals surface area contributed by atoms with Crippen LogP contribution in [0.5, 0.6) is 0 Å². The molecule has 0 radical (unpaired) electrons. The van der Waals surface area contributed by atoms with Crippen molar-refractivity contribution in [1.82, 2.24) is 14.5 Å². The maximum atomic E-state index is 12.7. The van der Waals surface area contributed by atoms with Gasteiger partial charge in [-0.2, -0.15) is 9.40 Å². The number of rotatable bonds is 6. The number of sulfonamides is 1. The Morgan fingerprint density at radius 3 is 2.67 bits per heavy atom. The number of nitrogens with two attached hydrogens (primary N) is 1. The van der Waals surface area contributed by atoms with Gasteiger partial charge in [0, 0.05) is 18.0 Å². The lowest BCUT2D eigenvalue weighted by atomic mass is 10.2. The van der Waals surface area contributed by atoms with Gasteiger partial charge in [-0.15, -0.1) is 11.3 Å². The number of aryl methyl sites for hydroxylation is 1. The van der Waals surface area contributed by atoms with E-state index in [0.29, 0.717) is 23.7 Å². The Morgan fingerprint density at radius 1 is 1.30 bits per heavy atom. The number of carbonyl (C=O) groups excluding carboxylic acids is 2. The van der Waals surface area contributed by atoms with Crippen LogP contribution >= 0.6 is 11.3 Å². The van der Waals surface area contributed by atoms with Crippen molar-refractivity contribution < 1.29 is 18.0 Å². The first-order valence-corrected chi connectivity index (χ1v) is 10.8. The second-order valence-electron chi connectivity index (χ2n) is 6.35. The van der Waals surface area contributed by atoms with E-state index in [1.54, 1.807) is 13.0 Å². The standard InChI is InChI=1S/C16H21N5O4S2/c1-10-14(15(16(17)23)20-19-10)18-12(22)9-11-5-6-13(26-11)27(24,25)21-7-3-2-4-8-21/h5-6H,2-4,7-9H2,1H3,(H2,17,23)(H,18,22)(H,19,20). The molecule has 0 saturated carbocycles. The summed E-state index contributed by atoms with van der Waals surface area (Å²) in [5.41, 5.74) is 5.95. The van der Waals surface area contributed by atoms with E-state index >= 15 is 0 Å². The first-order chi connectivity index (χ1) is 12.8. The average molecular weight is 412 g/mol. The second-order valence-corrected chi connectivity index (χ2v) is 9.68. The lowest BCUT2D eigenvalue weighted by Gasteiger charge is -2.25. The van der Waals surface area contributed by atoms with E-state index in [-0.39, 0.29) is 27.9 Å². The molecule has 2 aromatic rings. The van der Waals surface area contributed by atoms with Gasteiger partial charge in [0.1, 0.15) is 4.21 Å². The van der Waals surface area contributed by atoms with Crippen LogP contribution in [0, 0.1) is 6.92 Å². The van der Waals surface area contributed by atoms with Crippen molar-refractivity contribution >= 4 is 38.9 Å². The number of H-pyrrole nitrogens is 1. The Kier molecular flexibility index (Phi) is 5.63. The maximum absolute atomic E-state index is 12.7. The van der Waals surface area contributed by atoms with Gasteiger partial charge in [-0.25, -0.2) is 8.42 Å². The van der Waals surface area contributed by atoms with Crippen LogP contribution in [0.25, 0.3) is 0 Å². The van der Waals surface area contributed by atoms with Gasteiger partial charge < -0.3 is 11.1 Å². The van der Waals surface area contributed by atoms with E-state index in [9.17, 15) is 18.0 Å². The number of carbonyl (C=O) groups is 2. The summed E-state index contributed by atoms with van der Waals surface area (Å²) in [5.74, 6) is -1.13. The van der Waals surface area contributed by atoms with E-state index in [1.165, 1.54) is 10.4 Å². The van der Waals surface area contributed by atoms with Crippen molar-refractivity contribution in [2.45, 2.75) is 36.8 Å². The molecule has 0 unspecified atom stereocenters. The van der Waals surface area contributed by atoms with Gasteiger partial charge in [0.2, 0.25) is 5.91 Å². The summed E-state index contributed by atoms with van der Waals surface area (Å²) in [5, 5.41) is 8.98. The highest BCUT2D eigenvalue weighted by Gasteiger charge is 2.27. The normalized spacial score (nSPS) is 15.6. The fourth-order valence-electron chi connectivity index (χ4n) is 2.93. The predicted octanol–water partition coefficient (Wildman–Crippen LogP) is 1.23. The quantitative estimate of drug-likeness (QED) is 0.656. The summed E-state index contributed by atoms with van der Waals surface area (Å²) < 4.78 is 27.1. The molecule has 4 N–H and O–H groups in total. The minimum Gasteiger partial charge on any atom is -0.364 e. The number of nitrogens with zero attached hydrogens (tertiary/aromatic N) is 2. The molecule has 0 atom stereocenters. The zero-order valence-electron chi connectivity index (χ0n) is 14.8. The molecule has 0 aromatic carbocycles. The third-order valence-corrected chi connectivity index (χ3v) is 7.78. The SMILES string of the molecule is Cc1[nH]nc(C(N)=O)c1NC(=O)Cc1ccc(S(=O)(=O)N2CCCCC2)s1. The molecular formula is C16H21N5O4S2. The predicted molar refractivity (Wildman–Crippen MR) is 101 cm³/mol. The molecule has 3 heterocycles. The van der Waals surface area contributed by atoms with Crippen LogP contribution < -0.4 is 11.1 Å². The van der Waals surface area contributed by atoms with Crippen LogP contribution in [0.3, 0.4) is 0 Å². The summed E-state index contributed by atoms with van der Waals surface area (Å²) in [6, 6.07) is 3.17. The highest BCUT2D eigenvalue weighted by molar-refractivity contribution is 7.91. The van der Waals surface area contributed by atoms with E-state index < -0.39 is 15.9 Å². The van der Waals surface area contributed by atoms with Gasteiger partial charge in [-0.1, -0.05) is 6.42 Å². The Hall–Kier alpha value is -2.24. The zero-order chi connectivity index (χ0) is 19.6. The minimum atomic E-state index is -3.51. The summed E-state index contributed by atoms with van der Waals surface area (Å²) >= 11 is 1.08. The first kappa shape index (κ1) is 19.5. The molecule has 11 heteroatoms. The Labute approximate surface area is 161 Å². The lowest BCUT2D eigenvalue weighted by molar-refractivity contribution is -0.115. The number of hydrogen-bond acceptors (Lipinski definition) is 6. The molecular weight excluding hydrogens is 390 g/mol. The Bertz CT molecular complexity index is 957. The van der Waals surface area contributed by atoms with Crippen molar-refractivity contribution in [1.29, 1.82) is 0 Å². The van der Waals surface area contributed by atoms with Crippen molar-refractivity contribution in [3.63, 3.8) is 0 Å². The van der Waals surface area contributed by atoms with E-state index in [4.69, 9.17) is 5.73 Å². The van der Waals surface area contributed by atoms with Crippen LogP contribution in [0.2, 0.25) is 0 Å². The molecule has 2 aromatic heterocycles. The van der Waals surface area contributed by atoms with Crippen molar-refractivity contribution in [2.24, 2.45) is 5.73 Å². The largest absolute Gasteiger partial charge is 0.364 e. The number of piperidine rings is 1. The van der Waals surface area contributed by atoms with Gasteiger partial charge in [0.15, 0.2) is 5.69 Å². The molecule has 27 heavy (non-hydrogen) atoms. The molecule has 146 valence electrons. The molecule has 1 fully saturated rings. The van der Waals surface area contributed by atoms with Crippen LogP contribution in [0.1, 0.15) is 40.3 Å². The fraction of sp³-hybridized carbons (Fsp3) is 0.438. The smallest absolute Gasteiger partial charge is 0.271 e. The van der Waals surface area contributed by atoms with Crippen LogP contribution in [0.15, 0.2) is 16.3 Å². The summed E-state index contributed by atoms with van der Waals surface area (Å²) in [7, 11) is -3.51. The van der Waals surface area contributed by atoms with Crippen molar-refractivity contribution in [3.05, 3.63) is 28.4 Å². The fourth-order valence-corrected chi connectivity index (χ4v) is 5.95. The zero-order valence-corrected chi connectivity index (χ0v) is 16.5. The van der Waals surface area contributed by atoms with Crippen LogP contribution in [0.4, 0.5) is 5.69 Å². The maximum Gasteiger partial charge on any atom is 0.271 e. The molecule has 3 rings (SSSR count). The van der Waals surface area contributed by atoms with E-state index in [1.807, 2.05) is 0 Å². The second kappa shape index (κ2) is 7.79. The Balaban J connectivity index is 1.70. The Morgan fingerprint density at radius 2 is 2.00 bits per heavy atom. The number of primary amides is 1. The highest BCUT2D eigenvalue weighted by Crippen LogP contribution is 2.27. The van der Waals surface area contributed by atoms with Gasteiger partial charge in [-0.3, -0.25) is 14.7 Å². The lowest BCUT2D eigenvalue weighted by Crippen LogP contribution is -2.35. The monoisotopic (exact) mass is 411 g/mol. The van der Waals surface area contributed by atoms with E-state index in [0.717, 1.165) is 30.6 Å².